The SMILES string of the molecule is CN(C)C(=O)COC(=O)c1ccc(OC(=O)C2CCCc3c(N)cccc32)cc1. The summed E-state index contributed by atoms with van der Waals surface area (Å²) in [7, 11) is 3.16. The van der Waals surface area contributed by atoms with Crippen molar-refractivity contribution in [1.82, 2.24) is 4.90 Å². The molecule has 1 aliphatic rings. The lowest BCUT2D eigenvalue weighted by Crippen LogP contribution is -2.27. The summed E-state index contributed by atoms with van der Waals surface area (Å²) >= 11 is 0. The smallest absolute Gasteiger partial charge is 0.338 e. The molecule has 0 spiro atoms. The first-order valence-corrected chi connectivity index (χ1v) is 9.43. The Bertz CT molecular complexity index is 921. The highest BCUT2D eigenvalue weighted by Crippen LogP contribution is 2.35. The Labute approximate surface area is 169 Å². The maximum absolute atomic E-state index is 12.7. The molecule has 1 unspecified atom stereocenters. The van der Waals surface area contributed by atoms with Crippen molar-refractivity contribution in [2.45, 2.75) is 25.2 Å². The van der Waals surface area contributed by atoms with E-state index in [4.69, 9.17) is 15.2 Å². The fourth-order valence-corrected chi connectivity index (χ4v) is 3.31. The van der Waals surface area contributed by atoms with Gasteiger partial charge >= 0.3 is 11.9 Å². The number of hydrogen-bond donors (Lipinski definition) is 1. The summed E-state index contributed by atoms with van der Waals surface area (Å²) in [6.07, 6.45) is 2.44. The molecule has 0 aliphatic heterocycles. The minimum Gasteiger partial charge on any atom is -0.452 e. The van der Waals surface area contributed by atoms with Gasteiger partial charge in [-0.15, -0.1) is 0 Å². The molecule has 1 aliphatic carbocycles. The van der Waals surface area contributed by atoms with Crippen molar-refractivity contribution in [3.05, 3.63) is 59.2 Å². The predicted octanol–water partition coefficient (Wildman–Crippen LogP) is 2.54. The summed E-state index contributed by atoms with van der Waals surface area (Å²) in [6, 6.07) is 11.7. The number of nitrogens with two attached hydrogens (primary N) is 1. The monoisotopic (exact) mass is 396 g/mol. The molecule has 0 saturated heterocycles. The van der Waals surface area contributed by atoms with Crippen molar-refractivity contribution in [1.29, 1.82) is 0 Å². The van der Waals surface area contributed by atoms with E-state index in [1.807, 2.05) is 18.2 Å². The number of ether oxygens (including phenoxy) is 2. The molecule has 2 aromatic rings. The molecule has 0 heterocycles. The van der Waals surface area contributed by atoms with Crippen molar-refractivity contribution in [3.8, 4) is 5.75 Å². The van der Waals surface area contributed by atoms with Crippen molar-refractivity contribution in [2.24, 2.45) is 0 Å². The number of benzene rings is 2. The molecular weight excluding hydrogens is 372 g/mol. The van der Waals surface area contributed by atoms with Gasteiger partial charge in [-0.3, -0.25) is 9.59 Å². The highest BCUT2D eigenvalue weighted by atomic mass is 16.5. The van der Waals surface area contributed by atoms with Crippen LogP contribution in [0.2, 0.25) is 0 Å². The Morgan fingerprint density at radius 1 is 1.10 bits per heavy atom. The van der Waals surface area contributed by atoms with Gasteiger partial charge in [0, 0.05) is 19.8 Å². The second-order valence-corrected chi connectivity index (χ2v) is 7.17. The van der Waals surface area contributed by atoms with Gasteiger partial charge in [0.1, 0.15) is 5.75 Å². The minimum absolute atomic E-state index is 0.271. The van der Waals surface area contributed by atoms with Crippen molar-refractivity contribution in [3.63, 3.8) is 0 Å². The van der Waals surface area contributed by atoms with E-state index in [0.717, 1.165) is 24.0 Å². The van der Waals surface area contributed by atoms with Gasteiger partial charge in [0.15, 0.2) is 6.61 Å². The molecule has 2 aromatic carbocycles. The third-order valence-electron chi connectivity index (χ3n) is 4.96. The Balaban J connectivity index is 1.63. The molecule has 0 fully saturated rings. The van der Waals surface area contributed by atoms with Crippen LogP contribution in [0.4, 0.5) is 5.69 Å². The average molecular weight is 396 g/mol. The van der Waals surface area contributed by atoms with Crippen LogP contribution in [0.3, 0.4) is 0 Å². The van der Waals surface area contributed by atoms with Crippen LogP contribution in [-0.2, 0) is 20.7 Å². The lowest BCUT2D eigenvalue weighted by Gasteiger charge is -2.25. The standard InChI is InChI=1S/C22H24N2O5/c1-24(2)20(25)13-28-21(26)14-9-11-15(12-10-14)29-22(27)18-7-3-6-17-16(18)5-4-8-19(17)23/h4-5,8-12,18H,3,6-7,13,23H2,1-2H3. The third kappa shape index (κ3) is 4.74. The summed E-state index contributed by atoms with van der Waals surface area (Å²) in [6.45, 7) is -0.327. The Morgan fingerprint density at radius 3 is 2.52 bits per heavy atom. The first-order valence-electron chi connectivity index (χ1n) is 9.43. The minimum atomic E-state index is -0.616. The molecule has 0 aromatic heterocycles. The zero-order valence-electron chi connectivity index (χ0n) is 16.5. The molecule has 0 radical (unpaired) electrons. The average Bonchev–Trinajstić information content (AvgIpc) is 2.72. The van der Waals surface area contributed by atoms with Gasteiger partial charge in [-0.2, -0.15) is 0 Å². The van der Waals surface area contributed by atoms with Gasteiger partial charge in [0.2, 0.25) is 0 Å². The van der Waals surface area contributed by atoms with Crippen molar-refractivity contribution < 1.29 is 23.9 Å². The Morgan fingerprint density at radius 2 is 1.83 bits per heavy atom. The van der Waals surface area contributed by atoms with E-state index in [2.05, 4.69) is 0 Å². The van der Waals surface area contributed by atoms with Gasteiger partial charge in [-0.05, 0) is 60.7 Å². The Hall–Kier alpha value is -3.35. The fraction of sp³-hybridized carbons (Fsp3) is 0.318. The van der Waals surface area contributed by atoms with Crippen LogP contribution in [0.1, 0.15) is 40.2 Å². The van der Waals surface area contributed by atoms with Gasteiger partial charge in [-0.25, -0.2) is 4.79 Å². The molecule has 7 heteroatoms. The first-order chi connectivity index (χ1) is 13.9. The molecule has 2 N–H and O–H groups in total. The van der Waals surface area contributed by atoms with E-state index in [1.54, 1.807) is 14.1 Å². The molecule has 0 saturated carbocycles. The molecule has 7 nitrogen and oxygen atoms in total. The van der Waals surface area contributed by atoms with Crippen LogP contribution < -0.4 is 10.5 Å². The zero-order chi connectivity index (χ0) is 21.0. The number of fused-ring (bicyclic) bond motifs is 1. The molecule has 0 bridgehead atoms. The number of likely N-dealkylation sites (N-methyl/N-ethyl adjacent to an activating group) is 1. The second-order valence-electron chi connectivity index (χ2n) is 7.17. The highest BCUT2D eigenvalue weighted by molar-refractivity contribution is 5.91. The lowest BCUT2D eigenvalue weighted by atomic mass is 9.82. The second kappa shape index (κ2) is 8.77. The van der Waals surface area contributed by atoms with E-state index in [9.17, 15) is 14.4 Å². The van der Waals surface area contributed by atoms with E-state index >= 15 is 0 Å². The predicted molar refractivity (Wildman–Crippen MR) is 108 cm³/mol. The van der Waals surface area contributed by atoms with E-state index < -0.39 is 5.97 Å². The number of rotatable bonds is 5. The number of nitrogen functional groups attached to an aromatic ring is 1. The maximum Gasteiger partial charge on any atom is 0.338 e. The van der Waals surface area contributed by atoms with E-state index in [0.29, 0.717) is 17.9 Å². The van der Waals surface area contributed by atoms with Gasteiger partial charge < -0.3 is 20.1 Å². The number of carbonyl (C=O) groups excluding carboxylic acids is 3. The molecular formula is C22H24N2O5. The van der Waals surface area contributed by atoms with Gasteiger partial charge in [0.05, 0.1) is 11.5 Å². The first kappa shape index (κ1) is 20.4. The topological polar surface area (TPSA) is 98.9 Å². The number of nitrogens with zero attached hydrogens (tertiary/aromatic N) is 1. The van der Waals surface area contributed by atoms with Crippen LogP contribution in [-0.4, -0.2) is 43.4 Å². The van der Waals surface area contributed by atoms with Crippen molar-refractivity contribution >= 4 is 23.5 Å². The summed E-state index contributed by atoms with van der Waals surface area (Å²) in [5.74, 6) is -1.29. The highest BCUT2D eigenvalue weighted by Gasteiger charge is 2.29. The molecule has 29 heavy (non-hydrogen) atoms. The number of hydrogen-bond acceptors (Lipinski definition) is 6. The van der Waals surface area contributed by atoms with E-state index in [-0.39, 0.29) is 30.0 Å². The molecule has 1 amide bonds. The van der Waals surface area contributed by atoms with Crippen LogP contribution in [0, 0.1) is 0 Å². The fourth-order valence-electron chi connectivity index (χ4n) is 3.31. The maximum atomic E-state index is 12.7. The van der Waals surface area contributed by atoms with Crippen LogP contribution in [0.5, 0.6) is 5.75 Å². The molecule has 152 valence electrons. The van der Waals surface area contributed by atoms with Gasteiger partial charge in [0.25, 0.3) is 5.91 Å². The summed E-state index contributed by atoms with van der Waals surface area (Å²) < 4.78 is 10.5. The lowest BCUT2D eigenvalue weighted by molar-refractivity contribution is -0.136. The normalized spacial score (nSPS) is 15.2. The van der Waals surface area contributed by atoms with Crippen molar-refractivity contribution in [2.75, 3.05) is 26.4 Å². The molecule has 3 rings (SSSR count). The number of amides is 1. The van der Waals surface area contributed by atoms with Crippen LogP contribution >= 0.6 is 0 Å². The van der Waals surface area contributed by atoms with E-state index in [1.165, 1.54) is 29.2 Å². The summed E-state index contributed by atoms with van der Waals surface area (Å²) in [5, 5.41) is 0. The largest absolute Gasteiger partial charge is 0.452 e. The van der Waals surface area contributed by atoms with Crippen LogP contribution in [0.25, 0.3) is 0 Å². The number of anilines is 1. The van der Waals surface area contributed by atoms with Gasteiger partial charge in [-0.1, -0.05) is 12.1 Å². The Kier molecular flexibility index (Phi) is 6.16. The summed E-state index contributed by atoms with van der Waals surface area (Å²) in [5.41, 5.74) is 8.96. The zero-order valence-corrected chi connectivity index (χ0v) is 16.5. The number of esters is 2. The van der Waals surface area contributed by atoms with Crippen LogP contribution in [0.15, 0.2) is 42.5 Å². The third-order valence-corrected chi connectivity index (χ3v) is 4.96. The number of carbonyl (C=O) groups is 3. The molecule has 1 atom stereocenters. The quantitative estimate of drug-likeness (QED) is 0.474. The summed E-state index contributed by atoms with van der Waals surface area (Å²) in [4.78, 5) is 37.6.